The van der Waals surface area contributed by atoms with E-state index < -0.39 is 0 Å². The number of hydrogen-bond donors (Lipinski definition) is 0. The van der Waals surface area contributed by atoms with Crippen molar-refractivity contribution in [3.63, 3.8) is 0 Å². The third-order valence-electron chi connectivity index (χ3n) is 12.6. The zero-order valence-electron chi connectivity index (χ0n) is 33.0. The topological polar surface area (TPSA) is 43.9 Å². The van der Waals surface area contributed by atoms with Gasteiger partial charge in [-0.15, -0.1) is 22.7 Å². The summed E-state index contributed by atoms with van der Waals surface area (Å²) in [7, 11) is 0. The van der Waals surface area contributed by atoms with Crippen molar-refractivity contribution in [3.8, 4) is 39.5 Å². The van der Waals surface area contributed by atoms with Crippen LogP contribution in [0.3, 0.4) is 0 Å². The van der Waals surface area contributed by atoms with Crippen LogP contribution in [-0.4, -0.2) is 14.5 Å². The second-order valence-corrected chi connectivity index (χ2v) is 18.2. The van der Waals surface area contributed by atoms with Crippen LogP contribution in [0.1, 0.15) is 0 Å². The van der Waals surface area contributed by atoms with E-state index in [9.17, 15) is 0 Å². The van der Waals surface area contributed by atoms with Crippen molar-refractivity contribution in [2.75, 3.05) is 0 Å². The number of rotatable bonds is 4. The third kappa shape index (κ3) is 4.93. The zero-order chi connectivity index (χ0) is 40.5. The fraction of sp³-hybridized carbons (Fsp3) is 0. The Morgan fingerprint density at radius 1 is 0.419 bits per heavy atom. The van der Waals surface area contributed by atoms with Crippen LogP contribution >= 0.6 is 22.7 Å². The Labute approximate surface area is 362 Å². The van der Waals surface area contributed by atoms with Gasteiger partial charge in [0.2, 0.25) is 0 Å². The molecule has 0 aliphatic heterocycles. The molecule has 62 heavy (non-hydrogen) atoms. The lowest BCUT2D eigenvalue weighted by molar-refractivity contribution is 0.669. The summed E-state index contributed by atoms with van der Waals surface area (Å²) in [4.78, 5) is 11.2. The van der Waals surface area contributed by atoms with Crippen molar-refractivity contribution in [1.82, 2.24) is 14.5 Å². The molecule has 0 aliphatic carbocycles. The molecule has 0 atom stereocenters. The number of aromatic nitrogens is 3. The monoisotopic (exact) mass is 825 g/mol. The van der Waals surface area contributed by atoms with Crippen LogP contribution < -0.4 is 0 Å². The van der Waals surface area contributed by atoms with Gasteiger partial charge in [-0.1, -0.05) is 121 Å². The van der Waals surface area contributed by atoms with Gasteiger partial charge in [-0.3, -0.25) is 0 Å². The molecule has 6 heteroatoms. The minimum absolute atomic E-state index is 0.716. The van der Waals surface area contributed by atoms with Gasteiger partial charge in [0.05, 0.1) is 32.6 Å². The number of hydrogen-bond acceptors (Lipinski definition) is 5. The van der Waals surface area contributed by atoms with E-state index in [1.165, 1.54) is 68.6 Å². The summed E-state index contributed by atoms with van der Waals surface area (Å²) >= 11 is 3.59. The number of fused-ring (bicyclic) bond motifs is 13. The molecule has 288 valence electrons. The number of furan rings is 1. The van der Waals surface area contributed by atoms with Crippen LogP contribution in [0.5, 0.6) is 0 Å². The summed E-state index contributed by atoms with van der Waals surface area (Å²) in [5, 5.41) is 10.7. The number of benzene rings is 9. The van der Waals surface area contributed by atoms with E-state index in [0.717, 1.165) is 60.0 Å². The normalized spacial score (nSPS) is 12.2. The second kappa shape index (κ2) is 12.9. The van der Waals surface area contributed by atoms with E-state index in [2.05, 4.69) is 180 Å². The van der Waals surface area contributed by atoms with E-state index in [1.54, 1.807) is 11.3 Å². The molecule has 4 nitrogen and oxygen atoms in total. The van der Waals surface area contributed by atoms with Gasteiger partial charge in [-0.25, -0.2) is 9.97 Å². The quantitative estimate of drug-likeness (QED) is 0.178. The van der Waals surface area contributed by atoms with Gasteiger partial charge in [-0.05, 0) is 88.6 Å². The van der Waals surface area contributed by atoms with Gasteiger partial charge in [0, 0.05) is 62.9 Å². The lowest BCUT2D eigenvalue weighted by Gasteiger charge is -2.13. The average Bonchev–Trinajstić information content (AvgIpc) is 4.09. The molecule has 0 saturated carbocycles. The van der Waals surface area contributed by atoms with E-state index in [-0.39, 0.29) is 0 Å². The maximum atomic E-state index is 6.29. The molecule has 0 radical (unpaired) electrons. The first-order valence-electron chi connectivity index (χ1n) is 20.8. The number of nitrogens with zero attached hydrogens (tertiary/aromatic N) is 3. The van der Waals surface area contributed by atoms with Crippen LogP contribution in [-0.2, 0) is 0 Å². The Morgan fingerprint density at radius 2 is 1.15 bits per heavy atom. The van der Waals surface area contributed by atoms with Crippen molar-refractivity contribution in [1.29, 1.82) is 0 Å². The predicted octanol–water partition coefficient (Wildman–Crippen LogP) is 16.4. The van der Waals surface area contributed by atoms with E-state index in [1.807, 2.05) is 23.5 Å². The van der Waals surface area contributed by atoms with Crippen LogP contribution in [0.2, 0.25) is 0 Å². The lowest BCUT2D eigenvalue weighted by Crippen LogP contribution is -1.97. The van der Waals surface area contributed by atoms with Gasteiger partial charge >= 0.3 is 0 Å². The van der Waals surface area contributed by atoms with Crippen LogP contribution in [0, 0.1) is 0 Å². The molecular weight excluding hydrogens is 795 g/mol. The molecule has 0 aliphatic rings. The Bertz CT molecular complexity index is 4170. The van der Waals surface area contributed by atoms with Crippen molar-refractivity contribution in [3.05, 3.63) is 188 Å². The van der Waals surface area contributed by atoms with Crippen molar-refractivity contribution in [2.24, 2.45) is 0 Å². The Morgan fingerprint density at radius 3 is 2.05 bits per heavy atom. The summed E-state index contributed by atoms with van der Waals surface area (Å²) in [5.74, 6) is 0.716. The number of thiophene rings is 2. The van der Waals surface area contributed by atoms with Crippen molar-refractivity contribution >= 4 is 118 Å². The summed E-state index contributed by atoms with van der Waals surface area (Å²) in [6.45, 7) is 0. The summed E-state index contributed by atoms with van der Waals surface area (Å²) in [5.41, 5.74) is 11.6. The Kier molecular flexibility index (Phi) is 7.11. The van der Waals surface area contributed by atoms with E-state index in [0.29, 0.717) is 5.82 Å². The Hall–Kier alpha value is -7.64. The molecule has 5 aromatic heterocycles. The largest absolute Gasteiger partial charge is 0.456 e. The first kappa shape index (κ1) is 34.1. The maximum Gasteiger partial charge on any atom is 0.161 e. The van der Waals surface area contributed by atoms with Gasteiger partial charge in [-0.2, -0.15) is 0 Å². The Balaban J connectivity index is 1.06. The highest BCUT2D eigenvalue weighted by Gasteiger charge is 2.24. The molecule has 0 amide bonds. The first-order valence-corrected chi connectivity index (χ1v) is 22.4. The fourth-order valence-electron chi connectivity index (χ4n) is 9.73. The second-order valence-electron chi connectivity index (χ2n) is 16.1. The average molecular weight is 826 g/mol. The summed E-state index contributed by atoms with van der Waals surface area (Å²) in [6.07, 6.45) is 0. The predicted molar refractivity (Wildman–Crippen MR) is 263 cm³/mol. The smallest absolute Gasteiger partial charge is 0.161 e. The van der Waals surface area contributed by atoms with Gasteiger partial charge in [0.15, 0.2) is 5.82 Å². The molecule has 14 rings (SSSR count). The highest BCUT2D eigenvalue weighted by molar-refractivity contribution is 7.26. The van der Waals surface area contributed by atoms with Gasteiger partial charge in [0.1, 0.15) is 11.2 Å². The molecule has 0 N–H and O–H groups in total. The minimum atomic E-state index is 0.716. The fourth-order valence-corrected chi connectivity index (χ4v) is 12.2. The van der Waals surface area contributed by atoms with E-state index >= 15 is 0 Å². The molecule has 0 unspecified atom stereocenters. The lowest BCUT2D eigenvalue weighted by atomic mass is 10.0. The molecule has 0 bridgehead atoms. The highest BCUT2D eigenvalue weighted by Crippen LogP contribution is 2.47. The molecule has 5 heterocycles. The van der Waals surface area contributed by atoms with E-state index in [4.69, 9.17) is 14.4 Å². The molecule has 0 saturated heterocycles. The highest BCUT2D eigenvalue weighted by atomic mass is 32.1. The zero-order valence-corrected chi connectivity index (χ0v) is 34.6. The standard InChI is InChI=1S/C56H31N3OS2/c1-2-12-32(13-3-1)35-22-24-40-50(31-35)62-55-52(36-23-27-48-43(29-36)38-17-7-10-20-47(38)60-48)57-56(58-53(40)55)41-25-26-45(51-39-18-8-11-21-49(39)61-54(41)51)59-44-19-9-6-16-37(44)42-28-33-14-4-5-15-34(33)30-46(42)59/h1-31H. The van der Waals surface area contributed by atoms with Crippen molar-refractivity contribution < 1.29 is 4.42 Å². The molecular formula is C56H31N3OS2. The SMILES string of the molecule is c1ccc(-c2ccc3c(c2)sc2c(-c4ccc5oc6ccccc6c5c4)nc(-c4ccc(-n5c6ccccc6c6cc7ccccc7cc65)c5c4sc4ccccc45)nc23)cc1. The van der Waals surface area contributed by atoms with Gasteiger partial charge in [0.25, 0.3) is 0 Å². The van der Waals surface area contributed by atoms with Crippen LogP contribution in [0.15, 0.2) is 192 Å². The van der Waals surface area contributed by atoms with Crippen LogP contribution in [0.25, 0.3) is 134 Å². The third-order valence-corrected chi connectivity index (χ3v) is 15.0. The molecule has 14 aromatic rings. The summed E-state index contributed by atoms with van der Waals surface area (Å²) in [6, 6.07) is 67.7. The first-order chi connectivity index (χ1) is 30.7. The van der Waals surface area contributed by atoms with Crippen LogP contribution in [0.4, 0.5) is 0 Å². The maximum absolute atomic E-state index is 6.29. The van der Waals surface area contributed by atoms with Crippen molar-refractivity contribution in [2.45, 2.75) is 0 Å². The summed E-state index contributed by atoms with van der Waals surface area (Å²) < 4.78 is 13.4. The minimum Gasteiger partial charge on any atom is -0.456 e. The number of para-hydroxylation sites is 2. The molecule has 0 fully saturated rings. The molecule has 0 spiro atoms. The molecule has 9 aromatic carbocycles. The van der Waals surface area contributed by atoms with Gasteiger partial charge < -0.3 is 8.98 Å².